The highest BCUT2D eigenvalue weighted by atomic mass is 16.2. The molecule has 1 saturated heterocycles. The van der Waals surface area contributed by atoms with Crippen molar-refractivity contribution in [2.75, 3.05) is 38.5 Å². The number of nitrogens with zero attached hydrogens (tertiary/aromatic N) is 2. The Balaban J connectivity index is 1.83. The number of aryl methyl sites for hydroxylation is 1. The van der Waals surface area contributed by atoms with Gasteiger partial charge in [0, 0.05) is 31.9 Å². The molecule has 1 aliphatic rings. The first kappa shape index (κ1) is 14.5. The molecule has 0 unspecified atom stereocenters. The lowest BCUT2D eigenvalue weighted by Crippen LogP contribution is -2.54. The lowest BCUT2D eigenvalue weighted by Gasteiger charge is -2.32. The van der Waals surface area contributed by atoms with Gasteiger partial charge in [0.2, 0.25) is 0 Å². The van der Waals surface area contributed by atoms with Crippen molar-refractivity contribution in [1.82, 2.24) is 15.3 Å². The van der Waals surface area contributed by atoms with Crippen molar-refractivity contribution in [2.24, 2.45) is 0 Å². The van der Waals surface area contributed by atoms with E-state index in [4.69, 9.17) is 0 Å². The number of anilines is 1. The van der Waals surface area contributed by atoms with Crippen LogP contribution in [0.15, 0.2) is 24.3 Å². The van der Waals surface area contributed by atoms with E-state index in [2.05, 4.69) is 15.6 Å². The molecule has 1 aromatic carbocycles. The van der Waals surface area contributed by atoms with Gasteiger partial charge in [-0.2, -0.15) is 0 Å². The minimum Gasteiger partial charge on any atom is -0.318 e. The zero-order valence-electron chi connectivity index (χ0n) is 11.8. The molecule has 1 aromatic rings. The molecule has 0 radical (unpaired) electrons. The lowest BCUT2D eigenvalue weighted by molar-refractivity contribution is -0.139. The van der Waals surface area contributed by atoms with Crippen LogP contribution in [0.25, 0.3) is 0 Å². The molecule has 108 valence electrons. The van der Waals surface area contributed by atoms with E-state index < -0.39 is 11.8 Å². The second-order valence-electron chi connectivity index (χ2n) is 5.05. The van der Waals surface area contributed by atoms with Gasteiger partial charge in [-0.15, -0.1) is 0 Å². The summed E-state index contributed by atoms with van der Waals surface area (Å²) in [6, 6.07) is 7.31. The molecule has 0 aromatic heterocycles. The molecule has 2 rings (SSSR count). The fourth-order valence-electron chi connectivity index (χ4n) is 1.94. The van der Waals surface area contributed by atoms with Crippen LogP contribution in [0.2, 0.25) is 0 Å². The number of carbonyl (C=O) groups is 2. The number of benzene rings is 1. The van der Waals surface area contributed by atoms with Gasteiger partial charge >= 0.3 is 11.8 Å². The van der Waals surface area contributed by atoms with Gasteiger partial charge in [0.05, 0.1) is 0 Å². The molecule has 0 aliphatic carbocycles. The number of hydrazine groups is 1. The van der Waals surface area contributed by atoms with Gasteiger partial charge in [-0.25, -0.2) is 5.01 Å². The highest BCUT2D eigenvalue weighted by Crippen LogP contribution is 2.08. The number of piperazine rings is 1. The van der Waals surface area contributed by atoms with Crippen molar-refractivity contribution >= 4 is 17.5 Å². The molecule has 0 saturated carbocycles. The summed E-state index contributed by atoms with van der Waals surface area (Å²) in [5, 5.41) is 4.35. The Morgan fingerprint density at radius 1 is 1.00 bits per heavy atom. The molecular formula is C14H20N4O2. The van der Waals surface area contributed by atoms with Gasteiger partial charge < -0.3 is 10.2 Å². The van der Waals surface area contributed by atoms with E-state index in [1.165, 1.54) is 0 Å². The van der Waals surface area contributed by atoms with Gasteiger partial charge in [0.1, 0.15) is 0 Å². The monoisotopic (exact) mass is 276 g/mol. The summed E-state index contributed by atoms with van der Waals surface area (Å²) >= 11 is 0. The number of likely N-dealkylation sites (N-methyl/N-ethyl adjacent to an activating group) is 1. The van der Waals surface area contributed by atoms with Crippen LogP contribution >= 0.6 is 0 Å². The smallest absolute Gasteiger partial charge is 0.318 e. The van der Waals surface area contributed by atoms with Crippen molar-refractivity contribution in [3.8, 4) is 0 Å². The minimum absolute atomic E-state index is 0.620. The summed E-state index contributed by atoms with van der Waals surface area (Å²) in [4.78, 5) is 25.7. The van der Waals surface area contributed by atoms with Crippen LogP contribution in [-0.2, 0) is 9.59 Å². The molecule has 1 aliphatic heterocycles. The average Bonchev–Trinajstić information content (AvgIpc) is 2.44. The maximum Gasteiger partial charge on any atom is 0.323 e. The molecular weight excluding hydrogens is 256 g/mol. The van der Waals surface area contributed by atoms with Crippen molar-refractivity contribution < 1.29 is 9.59 Å². The lowest BCUT2D eigenvalue weighted by atomic mass is 10.2. The van der Waals surface area contributed by atoms with Crippen LogP contribution < -0.4 is 10.7 Å². The molecule has 6 nitrogen and oxygen atoms in total. The highest BCUT2D eigenvalue weighted by molar-refractivity contribution is 6.39. The van der Waals surface area contributed by atoms with Crippen molar-refractivity contribution in [3.05, 3.63) is 29.8 Å². The number of hydrogen-bond donors (Lipinski definition) is 2. The third-order valence-corrected chi connectivity index (χ3v) is 3.28. The first-order chi connectivity index (χ1) is 9.54. The van der Waals surface area contributed by atoms with Gasteiger partial charge in [-0.3, -0.25) is 15.0 Å². The Bertz CT molecular complexity index is 478. The second-order valence-corrected chi connectivity index (χ2v) is 5.05. The maximum atomic E-state index is 11.8. The molecule has 20 heavy (non-hydrogen) atoms. The summed E-state index contributed by atoms with van der Waals surface area (Å²) in [6.07, 6.45) is 0. The van der Waals surface area contributed by atoms with Crippen LogP contribution in [0.3, 0.4) is 0 Å². The topological polar surface area (TPSA) is 64.7 Å². The van der Waals surface area contributed by atoms with Crippen molar-refractivity contribution in [2.45, 2.75) is 6.92 Å². The van der Waals surface area contributed by atoms with E-state index in [0.29, 0.717) is 5.69 Å². The van der Waals surface area contributed by atoms with Crippen LogP contribution in [0, 0.1) is 6.92 Å². The SMILES string of the molecule is Cc1ccc(NC(=O)C(=O)NN2CCN(C)CC2)cc1. The van der Waals surface area contributed by atoms with Crippen molar-refractivity contribution in [3.63, 3.8) is 0 Å². The maximum absolute atomic E-state index is 11.8. The quantitative estimate of drug-likeness (QED) is 0.758. The highest BCUT2D eigenvalue weighted by Gasteiger charge is 2.20. The molecule has 2 N–H and O–H groups in total. The van der Waals surface area contributed by atoms with Crippen LogP contribution in [0.4, 0.5) is 5.69 Å². The summed E-state index contributed by atoms with van der Waals surface area (Å²) in [6.45, 7) is 5.16. The summed E-state index contributed by atoms with van der Waals surface area (Å²) in [7, 11) is 2.03. The van der Waals surface area contributed by atoms with Crippen LogP contribution in [-0.4, -0.2) is 54.9 Å². The zero-order valence-corrected chi connectivity index (χ0v) is 11.8. The normalized spacial score (nSPS) is 16.7. The standard InChI is InChI=1S/C14H20N4O2/c1-11-3-5-12(6-4-11)15-13(19)14(20)16-18-9-7-17(2)8-10-18/h3-6H,7-10H2,1-2H3,(H,15,19)(H,16,20). The third kappa shape index (κ3) is 4.04. The van der Waals surface area contributed by atoms with Crippen molar-refractivity contribution in [1.29, 1.82) is 0 Å². The van der Waals surface area contributed by atoms with Crippen LogP contribution in [0.1, 0.15) is 5.56 Å². The Morgan fingerprint density at radius 2 is 1.60 bits per heavy atom. The van der Waals surface area contributed by atoms with Gasteiger partial charge in [-0.05, 0) is 26.1 Å². The van der Waals surface area contributed by atoms with Gasteiger partial charge in [0.25, 0.3) is 0 Å². The molecule has 0 atom stereocenters. The molecule has 0 spiro atoms. The molecule has 1 fully saturated rings. The minimum atomic E-state index is -0.646. The average molecular weight is 276 g/mol. The molecule has 2 amide bonds. The fourth-order valence-corrected chi connectivity index (χ4v) is 1.94. The number of rotatable bonds is 2. The van der Waals surface area contributed by atoms with E-state index in [-0.39, 0.29) is 0 Å². The number of carbonyl (C=O) groups excluding carboxylic acids is 2. The van der Waals surface area contributed by atoms with E-state index in [0.717, 1.165) is 31.7 Å². The summed E-state index contributed by atoms with van der Waals surface area (Å²) < 4.78 is 0. The zero-order chi connectivity index (χ0) is 14.5. The number of nitrogens with one attached hydrogen (secondary N) is 2. The van der Waals surface area contributed by atoms with E-state index in [1.54, 1.807) is 17.1 Å². The predicted molar refractivity (Wildman–Crippen MR) is 77.0 cm³/mol. The molecule has 0 bridgehead atoms. The van der Waals surface area contributed by atoms with E-state index >= 15 is 0 Å². The van der Waals surface area contributed by atoms with Gasteiger partial charge in [-0.1, -0.05) is 17.7 Å². The second kappa shape index (κ2) is 6.49. The Kier molecular flexibility index (Phi) is 4.70. The Labute approximate surface area is 118 Å². The predicted octanol–water partition coefficient (Wildman–Crippen LogP) is 0.212. The van der Waals surface area contributed by atoms with E-state index in [9.17, 15) is 9.59 Å². The molecule has 6 heteroatoms. The van der Waals surface area contributed by atoms with Gasteiger partial charge in [0.15, 0.2) is 0 Å². The number of amides is 2. The first-order valence-corrected chi connectivity index (χ1v) is 6.67. The largest absolute Gasteiger partial charge is 0.323 e. The Morgan fingerprint density at radius 3 is 2.20 bits per heavy atom. The fraction of sp³-hybridized carbons (Fsp3) is 0.429. The Hall–Kier alpha value is -1.92. The summed E-state index contributed by atoms with van der Waals surface area (Å²) in [5.74, 6) is -1.28. The van der Waals surface area contributed by atoms with E-state index in [1.807, 2.05) is 26.1 Å². The summed E-state index contributed by atoms with van der Waals surface area (Å²) in [5.41, 5.74) is 4.35. The first-order valence-electron chi connectivity index (χ1n) is 6.67. The number of hydrogen-bond acceptors (Lipinski definition) is 4. The molecule has 1 heterocycles. The van der Waals surface area contributed by atoms with Crippen LogP contribution in [0.5, 0.6) is 0 Å². The third-order valence-electron chi connectivity index (χ3n) is 3.28.